The van der Waals surface area contributed by atoms with E-state index >= 15 is 0 Å². The van der Waals surface area contributed by atoms with Crippen LogP contribution in [-0.2, 0) is 23.9 Å². The maximum absolute atomic E-state index is 11.7. The Bertz CT molecular complexity index is 419. The largest absolute Gasteiger partial charge is 0.379 e. The van der Waals surface area contributed by atoms with E-state index in [1.54, 1.807) is 6.92 Å². The fourth-order valence-electron chi connectivity index (χ4n) is 2.37. The van der Waals surface area contributed by atoms with Crippen molar-refractivity contribution in [2.24, 2.45) is 5.92 Å². The van der Waals surface area contributed by atoms with Gasteiger partial charge < -0.3 is 20.1 Å². The molecule has 0 aromatic heterocycles. The SMILES string of the molecule is CC(=O)C1CC(NC(=O)CCOCCNC(=O)CCOC(C)C)C1. The van der Waals surface area contributed by atoms with Crippen molar-refractivity contribution < 1.29 is 23.9 Å². The van der Waals surface area contributed by atoms with Gasteiger partial charge in [-0.3, -0.25) is 14.4 Å². The summed E-state index contributed by atoms with van der Waals surface area (Å²) in [5.74, 6) is 0.182. The van der Waals surface area contributed by atoms with Crippen LogP contribution in [-0.4, -0.2) is 56.1 Å². The van der Waals surface area contributed by atoms with E-state index in [0.717, 1.165) is 12.8 Å². The zero-order valence-corrected chi connectivity index (χ0v) is 14.9. The number of hydrogen-bond acceptors (Lipinski definition) is 5. The summed E-state index contributed by atoms with van der Waals surface area (Å²) in [6.45, 7) is 6.97. The molecule has 0 aromatic rings. The first-order valence-corrected chi connectivity index (χ1v) is 8.64. The van der Waals surface area contributed by atoms with Gasteiger partial charge in [-0.05, 0) is 33.6 Å². The minimum absolute atomic E-state index is 0.0585. The van der Waals surface area contributed by atoms with Crippen LogP contribution in [0.3, 0.4) is 0 Å². The Hall–Kier alpha value is -1.47. The second-order valence-electron chi connectivity index (χ2n) is 6.43. The molecule has 0 atom stereocenters. The Balaban J connectivity index is 1.90. The molecule has 1 fully saturated rings. The molecular weight excluding hydrogens is 312 g/mol. The number of rotatable bonds is 12. The molecule has 0 aromatic carbocycles. The Morgan fingerprint density at radius 1 is 1.04 bits per heavy atom. The fraction of sp³-hybridized carbons (Fsp3) is 0.824. The van der Waals surface area contributed by atoms with E-state index < -0.39 is 0 Å². The highest BCUT2D eigenvalue weighted by Gasteiger charge is 2.32. The van der Waals surface area contributed by atoms with Gasteiger partial charge in [0.05, 0.1) is 25.9 Å². The van der Waals surface area contributed by atoms with E-state index in [1.165, 1.54) is 0 Å². The number of nitrogens with one attached hydrogen (secondary N) is 2. The molecule has 0 saturated heterocycles. The van der Waals surface area contributed by atoms with E-state index in [2.05, 4.69) is 10.6 Å². The van der Waals surface area contributed by atoms with Gasteiger partial charge >= 0.3 is 0 Å². The van der Waals surface area contributed by atoms with Gasteiger partial charge in [0.15, 0.2) is 0 Å². The van der Waals surface area contributed by atoms with E-state index in [4.69, 9.17) is 9.47 Å². The Kier molecular flexibility index (Phi) is 9.56. The average Bonchev–Trinajstić information content (AvgIpc) is 2.45. The smallest absolute Gasteiger partial charge is 0.222 e. The summed E-state index contributed by atoms with van der Waals surface area (Å²) in [6, 6.07) is 0.124. The molecule has 2 N–H and O–H groups in total. The first-order chi connectivity index (χ1) is 11.4. The summed E-state index contributed by atoms with van der Waals surface area (Å²) in [5, 5.41) is 5.62. The molecule has 0 radical (unpaired) electrons. The number of carbonyl (C=O) groups is 3. The first-order valence-electron chi connectivity index (χ1n) is 8.64. The van der Waals surface area contributed by atoms with Crippen molar-refractivity contribution in [2.75, 3.05) is 26.4 Å². The van der Waals surface area contributed by atoms with Gasteiger partial charge in [-0.2, -0.15) is 0 Å². The summed E-state index contributed by atoms with van der Waals surface area (Å²) >= 11 is 0. The third-order valence-corrected chi connectivity index (χ3v) is 3.90. The molecular formula is C17H30N2O5. The third-order valence-electron chi connectivity index (χ3n) is 3.90. The van der Waals surface area contributed by atoms with Crippen molar-refractivity contribution in [3.8, 4) is 0 Å². The summed E-state index contributed by atoms with van der Waals surface area (Å²) in [7, 11) is 0. The summed E-state index contributed by atoms with van der Waals surface area (Å²) < 4.78 is 10.6. The number of ketones is 1. The van der Waals surface area contributed by atoms with Crippen molar-refractivity contribution in [1.82, 2.24) is 10.6 Å². The highest BCUT2D eigenvalue weighted by molar-refractivity contribution is 5.80. The quantitative estimate of drug-likeness (QED) is 0.512. The lowest BCUT2D eigenvalue weighted by Crippen LogP contribution is -2.46. The van der Waals surface area contributed by atoms with Crippen molar-refractivity contribution in [3.05, 3.63) is 0 Å². The Morgan fingerprint density at radius 3 is 2.33 bits per heavy atom. The van der Waals surface area contributed by atoms with Crippen LogP contribution in [0.1, 0.15) is 46.5 Å². The molecule has 1 saturated carbocycles. The molecule has 0 aliphatic heterocycles. The molecule has 2 amide bonds. The second-order valence-corrected chi connectivity index (χ2v) is 6.43. The summed E-state index contributed by atoms with van der Waals surface area (Å²) in [5.41, 5.74) is 0. The molecule has 0 spiro atoms. The average molecular weight is 342 g/mol. The molecule has 1 aliphatic carbocycles. The molecule has 0 heterocycles. The molecule has 1 rings (SSSR count). The number of ether oxygens (including phenoxy) is 2. The lowest BCUT2D eigenvalue weighted by Gasteiger charge is -2.34. The van der Waals surface area contributed by atoms with Gasteiger partial charge in [0.1, 0.15) is 5.78 Å². The topological polar surface area (TPSA) is 93.7 Å². The number of hydrogen-bond donors (Lipinski definition) is 2. The molecule has 24 heavy (non-hydrogen) atoms. The van der Waals surface area contributed by atoms with E-state index in [9.17, 15) is 14.4 Å². The van der Waals surface area contributed by atoms with Crippen molar-refractivity contribution in [2.45, 2.75) is 58.6 Å². The lowest BCUT2D eigenvalue weighted by atomic mass is 9.78. The zero-order chi connectivity index (χ0) is 17.9. The van der Waals surface area contributed by atoms with Crippen LogP contribution in [0.25, 0.3) is 0 Å². The van der Waals surface area contributed by atoms with E-state index in [0.29, 0.717) is 32.8 Å². The van der Waals surface area contributed by atoms with Crippen LogP contribution in [0.15, 0.2) is 0 Å². The lowest BCUT2D eigenvalue weighted by molar-refractivity contribution is -0.128. The van der Waals surface area contributed by atoms with Crippen LogP contribution in [0.2, 0.25) is 0 Å². The van der Waals surface area contributed by atoms with Crippen LogP contribution >= 0.6 is 0 Å². The minimum atomic E-state index is -0.0676. The van der Waals surface area contributed by atoms with Gasteiger partial charge in [0, 0.05) is 31.3 Å². The fourth-order valence-corrected chi connectivity index (χ4v) is 2.37. The molecule has 7 nitrogen and oxygen atoms in total. The molecule has 1 aliphatic rings. The number of amides is 2. The predicted molar refractivity (Wildman–Crippen MR) is 89.5 cm³/mol. The summed E-state index contributed by atoms with van der Waals surface area (Å²) in [6.07, 6.45) is 2.24. The van der Waals surface area contributed by atoms with Crippen LogP contribution in [0.4, 0.5) is 0 Å². The van der Waals surface area contributed by atoms with E-state index in [1.807, 2.05) is 13.8 Å². The van der Waals surface area contributed by atoms with Crippen molar-refractivity contribution in [1.29, 1.82) is 0 Å². The number of Topliss-reactive ketones (excluding diaryl/α,β-unsaturated/α-hetero) is 1. The maximum Gasteiger partial charge on any atom is 0.222 e. The summed E-state index contributed by atoms with van der Waals surface area (Å²) in [4.78, 5) is 34.2. The molecule has 138 valence electrons. The Morgan fingerprint density at radius 2 is 1.71 bits per heavy atom. The van der Waals surface area contributed by atoms with Gasteiger partial charge in [0.25, 0.3) is 0 Å². The highest BCUT2D eigenvalue weighted by atomic mass is 16.5. The molecule has 0 unspecified atom stereocenters. The third kappa shape index (κ3) is 8.98. The van der Waals surface area contributed by atoms with Crippen LogP contribution < -0.4 is 10.6 Å². The van der Waals surface area contributed by atoms with Crippen LogP contribution in [0, 0.1) is 5.92 Å². The van der Waals surface area contributed by atoms with Gasteiger partial charge in [-0.15, -0.1) is 0 Å². The predicted octanol–water partition coefficient (Wildman–Crippen LogP) is 0.808. The highest BCUT2D eigenvalue weighted by Crippen LogP contribution is 2.27. The number of carbonyl (C=O) groups excluding carboxylic acids is 3. The zero-order valence-electron chi connectivity index (χ0n) is 14.9. The Labute approximate surface area is 143 Å². The molecule has 7 heteroatoms. The second kappa shape index (κ2) is 11.1. The first kappa shape index (κ1) is 20.6. The maximum atomic E-state index is 11.7. The molecule has 0 bridgehead atoms. The van der Waals surface area contributed by atoms with Gasteiger partial charge in [-0.25, -0.2) is 0 Å². The van der Waals surface area contributed by atoms with Gasteiger partial charge in [-0.1, -0.05) is 0 Å². The van der Waals surface area contributed by atoms with E-state index in [-0.39, 0.29) is 42.1 Å². The van der Waals surface area contributed by atoms with Crippen molar-refractivity contribution >= 4 is 17.6 Å². The van der Waals surface area contributed by atoms with Crippen LogP contribution in [0.5, 0.6) is 0 Å². The normalized spacial score (nSPS) is 19.7. The monoisotopic (exact) mass is 342 g/mol. The standard InChI is InChI=1S/C17H30N2O5/c1-12(2)24-8-5-16(21)18-6-9-23-7-4-17(22)19-15-10-14(11-15)13(3)20/h12,14-15H,4-11H2,1-3H3,(H,18,21)(H,19,22). The minimum Gasteiger partial charge on any atom is -0.379 e. The van der Waals surface area contributed by atoms with Gasteiger partial charge in [0.2, 0.25) is 11.8 Å². The van der Waals surface area contributed by atoms with Crippen molar-refractivity contribution in [3.63, 3.8) is 0 Å².